The van der Waals surface area contributed by atoms with E-state index in [1.165, 1.54) is 26.4 Å². The molecule has 92 valence electrons. The number of carbonyl (C=O) groups excluding carboxylic acids is 1. The van der Waals surface area contributed by atoms with E-state index in [0.29, 0.717) is 0 Å². The first-order valence-electron chi connectivity index (χ1n) is 4.54. The molecule has 1 aromatic rings. The number of halogens is 1. The number of benzene rings is 1. The highest BCUT2D eigenvalue weighted by Gasteiger charge is 2.23. The monoisotopic (exact) mass is 259 g/mol. The van der Waals surface area contributed by atoms with Crippen LogP contribution in [0.3, 0.4) is 0 Å². The molecule has 0 heterocycles. The highest BCUT2D eigenvalue weighted by molar-refractivity contribution is 6.17. The van der Waals surface area contributed by atoms with Gasteiger partial charge in [-0.2, -0.15) is 0 Å². The summed E-state index contributed by atoms with van der Waals surface area (Å²) in [6, 6.07) is 2.57. The van der Waals surface area contributed by atoms with Gasteiger partial charge in [-0.3, -0.25) is 10.1 Å². The first-order chi connectivity index (χ1) is 8.04. The van der Waals surface area contributed by atoms with Crippen molar-refractivity contribution in [1.29, 1.82) is 0 Å². The van der Waals surface area contributed by atoms with E-state index in [2.05, 4.69) is 4.74 Å². The Balaban J connectivity index is 3.44. The molecule has 0 aromatic heterocycles. The normalized spacial score (nSPS) is 9.82. The van der Waals surface area contributed by atoms with Crippen molar-refractivity contribution in [2.24, 2.45) is 0 Å². The Morgan fingerprint density at radius 3 is 2.53 bits per heavy atom. The van der Waals surface area contributed by atoms with E-state index in [4.69, 9.17) is 16.3 Å². The second kappa shape index (κ2) is 5.49. The van der Waals surface area contributed by atoms with E-state index in [9.17, 15) is 14.9 Å². The molecule has 1 aromatic carbocycles. The Morgan fingerprint density at radius 1 is 1.47 bits per heavy atom. The number of nitrogens with zero attached hydrogens (tertiary/aromatic N) is 1. The van der Waals surface area contributed by atoms with Crippen molar-refractivity contribution < 1.29 is 19.2 Å². The van der Waals surface area contributed by atoms with Gasteiger partial charge in [0.2, 0.25) is 0 Å². The molecule has 0 bridgehead atoms. The Morgan fingerprint density at radius 2 is 2.12 bits per heavy atom. The number of nitro groups is 1. The van der Waals surface area contributed by atoms with Crippen LogP contribution in [0.5, 0.6) is 5.75 Å². The summed E-state index contributed by atoms with van der Waals surface area (Å²) in [5, 5.41) is 10.9. The Kier molecular flexibility index (Phi) is 4.28. The summed E-state index contributed by atoms with van der Waals surface area (Å²) in [5.41, 5.74) is 0.122. The Labute approximate surface area is 102 Å². The molecule has 7 heteroatoms. The van der Waals surface area contributed by atoms with Gasteiger partial charge in [-0.05, 0) is 6.07 Å². The number of nitro benzene ring substituents is 1. The quantitative estimate of drug-likeness (QED) is 0.358. The maximum Gasteiger partial charge on any atom is 0.338 e. The van der Waals surface area contributed by atoms with Gasteiger partial charge < -0.3 is 9.47 Å². The molecule has 6 nitrogen and oxygen atoms in total. The first-order valence-corrected chi connectivity index (χ1v) is 5.08. The maximum atomic E-state index is 11.3. The molecule has 0 N–H and O–H groups in total. The third-order valence-electron chi connectivity index (χ3n) is 2.12. The van der Waals surface area contributed by atoms with Crippen molar-refractivity contribution in [1.82, 2.24) is 0 Å². The fourth-order valence-electron chi connectivity index (χ4n) is 1.37. The van der Waals surface area contributed by atoms with Gasteiger partial charge in [0, 0.05) is 11.6 Å². The Hall–Kier alpha value is -1.82. The summed E-state index contributed by atoms with van der Waals surface area (Å²) in [6.07, 6.45) is 0. The third-order valence-corrected chi connectivity index (χ3v) is 2.41. The van der Waals surface area contributed by atoms with Gasteiger partial charge in [-0.25, -0.2) is 4.79 Å². The van der Waals surface area contributed by atoms with Gasteiger partial charge in [0.25, 0.3) is 0 Å². The lowest BCUT2D eigenvalue weighted by Gasteiger charge is -2.07. The van der Waals surface area contributed by atoms with Gasteiger partial charge in [0.15, 0.2) is 5.75 Å². The van der Waals surface area contributed by atoms with E-state index in [-0.39, 0.29) is 28.4 Å². The van der Waals surface area contributed by atoms with Crippen molar-refractivity contribution in [3.63, 3.8) is 0 Å². The number of hydrogen-bond donors (Lipinski definition) is 0. The molecular weight excluding hydrogens is 250 g/mol. The van der Waals surface area contributed by atoms with Crippen LogP contribution < -0.4 is 4.74 Å². The van der Waals surface area contributed by atoms with Crippen LogP contribution in [-0.4, -0.2) is 25.1 Å². The topological polar surface area (TPSA) is 78.7 Å². The minimum absolute atomic E-state index is 0.0199. The first kappa shape index (κ1) is 13.2. The minimum Gasteiger partial charge on any atom is -0.490 e. The zero-order valence-electron chi connectivity index (χ0n) is 9.23. The molecular formula is C10H10ClNO5. The van der Waals surface area contributed by atoms with Gasteiger partial charge >= 0.3 is 11.7 Å². The molecule has 0 saturated carbocycles. The summed E-state index contributed by atoms with van der Waals surface area (Å²) in [7, 11) is 2.50. The van der Waals surface area contributed by atoms with Crippen LogP contribution in [0, 0.1) is 10.1 Å². The average molecular weight is 260 g/mol. The number of ether oxygens (including phenoxy) is 2. The molecule has 0 aliphatic rings. The van der Waals surface area contributed by atoms with Gasteiger partial charge in [0.1, 0.15) is 0 Å². The van der Waals surface area contributed by atoms with Crippen molar-refractivity contribution in [2.75, 3.05) is 14.2 Å². The summed E-state index contributed by atoms with van der Waals surface area (Å²) < 4.78 is 9.40. The largest absolute Gasteiger partial charge is 0.490 e. The molecule has 0 spiro atoms. The number of carbonyl (C=O) groups is 1. The second-order valence-electron chi connectivity index (χ2n) is 3.07. The van der Waals surface area contributed by atoms with Gasteiger partial charge in [0.05, 0.1) is 30.6 Å². The number of esters is 1. The predicted octanol–water partition coefficient (Wildman–Crippen LogP) is 2.13. The zero-order valence-corrected chi connectivity index (χ0v) is 9.98. The average Bonchev–Trinajstić information content (AvgIpc) is 2.35. The summed E-state index contributed by atoms with van der Waals surface area (Å²) in [6.45, 7) is 0. The molecule has 0 fully saturated rings. The van der Waals surface area contributed by atoms with Gasteiger partial charge in [-0.1, -0.05) is 0 Å². The summed E-state index contributed by atoms with van der Waals surface area (Å²) >= 11 is 5.61. The lowest BCUT2D eigenvalue weighted by Crippen LogP contribution is -2.05. The standard InChI is InChI=1S/C10H10ClNO5/c1-16-8-4-6(10(13)17-2)3-7(5-11)9(8)12(14)15/h3-4H,5H2,1-2H3. The smallest absolute Gasteiger partial charge is 0.338 e. The van der Waals surface area contributed by atoms with Crippen LogP contribution in [0.4, 0.5) is 5.69 Å². The zero-order chi connectivity index (χ0) is 13.0. The van der Waals surface area contributed by atoms with Crippen LogP contribution in [0.15, 0.2) is 12.1 Å². The molecule has 0 aliphatic heterocycles. The highest BCUT2D eigenvalue weighted by atomic mass is 35.5. The molecule has 0 aliphatic carbocycles. The highest BCUT2D eigenvalue weighted by Crippen LogP contribution is 2.33. The number of methoxy groups -OCH3 is 2. The van der Waals surface area contributed by atoms with Crippen molar-refractivity contribution in [2.45, 2.75) is 5.88 Å². The van der Waals surface area contributed by atoms with E-state index < -0.39 is 10.9 Å². The summed E-state index contributed by atoms with van der Waals surface area (Å²) in [4.78, 5) is 21.6. The van der Waals surface area contributed by atoms with Crippen LogP contribution in [0.2, 0.25) is 0 Å². The van der Waals surface area contributed by atoms with E-state index in [1.807, 2.05) is 0 Å². The SMILES string of the molecule is COC(=O)c1cc(CCl)c([N+](=O)[O-])c(OC)c1. The summed E-state index contributed by atoms with van der Waals surface area (Å²) in [5.74, 6) is -0.726. The van der Waals surface area contributed by atoms with E-state index >= 15 is 0 Å². The Bertz CT molecular complexity index is 435. The molecule has 0 amide bonds. The van der Waals surface area contributed by atoms with Crippen molar-refractivity contribution in [3.8, 4) is 5.75 Å². The predicted molar refractivity (Wildman–Crippen MR) is 60.5 cm³/mol. The van der Waals surface area contributed by atoms with Crippen LogP contribution in [0.25, 0.3) is 0 Å². The fraction of sp³-hybridized carbons (Fsp3) is 0.300. The van der Waals surface area contributed by atoms with Crippen molar-refractivity contribution in [3.05, 3.63) is 33.4 Å². The lowest BCUT2D eigenvalue weighted by molar-refractivity contribution is -0.386. The second-order valence-corrected chi connectivity index (χ2v) is 3.34. The van der Waals surface area contributed by atoms with E-state index in [0.717, 1.165) is 0 Å². The lowest BCUT2D eigenvalue weighted by atomic mass is 10.1. The fourth-order valence-corrected chi connectivity index (χ4v) is 1.57. The van der Waals surface area contributed by atoms with Crippen LogP contribution in [-0.2, 0) is 10.6 Å². The van der Waals surface area contributed by atoms with E-state index in [1.54, 1.807) is 0 Å². The number of hydrogen-bond acceptors (Lipinski definition) is 5. The molecule has 0 unspecified atom stereocenters. The van der Waals surface area contributed by atoms with Gasteiger partial charge in [-0.15, -0.1) is 11.6 Å². The molecule has 1 rings (SSSR count). The third kappa shape index (κ3) is 2.65. The molecule has 0 saturated heterocycles. The van der Waals surface area contributed by atoms with Crippen molar-refractivity contribution >= 4 is 23.3 Å². The molecule has 17 heavy (non-hydrogen) atoms. The number of alkyl halides is 1. The molecule has 0 radical (unpaired) electrons. The number of rotatable bonds is 4. The van der Waals surface area contributed by atoms with Crippen LogP contribution >= 0.6 is 11.6 Å². The maximum absolute atomic E-state index is 11.3. The molecule has 0 atom stereocenters. The van der Waals surface area contributed by atoms with Crippen LogP contribution in [0.1, 0.15) is 15.9 Å². The minimum atomic E-state index is -0.607.